The molecule has 1 amide bonds. The Morgan fingerprint density at radius 1 is 1.03 bits per heavy atom. The summed E-state index contributed by atoms with van der Waals surface area (Å²) in [5.74, 6) is -2.08. The molecule has 4 rings (SSSR count). The van der Waals surface area contributed by atoms with E-state index in [9.17, 15) is 22.8 Å². The van der Waals surface area contributed by atoms with Gasteiger partial charge in [0.25, 0.3) is 5.91 Å². The summed E-state index contributed by atoms with van der Waals surface area (Å²) in [7, 11) is 1.42. The Labute approximate surface area is 217 Å². The van der Waals surface area contributed by atoms with E-state index in [0.717, 1.165) is 16.5 Å². The fraction of sp³-hybridized carbons (Fsp3) is 0.370. The number of hydrogen-bond donors (Lipinski definition) is 1. The van der Waals surface area contributed by atoms with Crippen LogP contribution in [0.15, 0.2) is 54.6 Å². The quantitative estimate of drug-likeness (QED) is 0.419. The predicted octanol–water partition coefficient (Wildman–Crippen LogP) is 5.20. The van der Waals surface area contributed by atoms with E-state index >= 15 is 0 Å². The number of nitrogens with one attached hydrogen (secondary N) is 1. The first-order valence-electron chi connectivity index (χ1n) is 12.2. The highest BCUT2D eigenvalue weighted by molar-refractivity contribution is 5.84. The zero-order valence-corrected chi connectivity index (χ0v) is 21.0. The molecule has 11 heteroatoms. The second kappa shape index (κ2) is 11.6. The van der Waals surface area contributed by atoms with Gasteiger partial charge in [-0.2, -0.15) is 18.2 Å². The first kappa shape index (κ1) is 27.0. The number of carbonyl (C=O) groups is 2. The molecule has 1 fully saturated rings. The van der Waals surface area contributed by atoms with Gasteiger partial charge in [0.15, 0.2) is 18.1 Å². The number of benzene rings is 2. The summed E-state index contributed by atoms with van der Waals surface area (Å²) in [6, 6.07) is 15.5. The Morgan fingerprint density at radius 3 is 2.37 bits per heavy atom. The second-order valence-electron chi connectivity index (χ2n) is 9.03. The summed E-state index contributed by atoms with van der Waals surface area (Å²) < 4.78 is 49.5. The average Bonchev–Trinajstić information content (AvgIpc) is 2.90. The number of ether oxygens (including phenoxy) is 2. The number of methoxy groups -OCH3 is 1. The monoisotopic (exact) mass is 531 g/mol. The molecule has 0 unspecified atom stereocenters. The molecular formula is C27H28F3N3O5. The molecule has 0 radical (unpaired) electrons. The van der Waals surface area contributed by atoms with Crippen LogP contribution >= 0.6 is 0 Å². The summed E-state index contributed by atoms with van der Waals surface area (Å²) in [5.41, 5.74) is 1.92. The van der Waals surface area contributed by atoms with Crippen molar-refractivity contribution >= 4 is 28.6 Å². The summed E-state index contributed by atoms with van der Waals surface area (Å²) >= 11 is 0. The van der Waals surface area contributed by atoms with Crippen molar-refractivity contribution in [1.29, 1.82) is 0 Å². The van der Waals surface area contributed by atoms with Crippen LogP contribution in [-0.2, 0) is 14.4 Å². The van der Waals surface area contributed by atoms with Crippen LogP contribution < -0.4 is 14.8 Å². The minimum atomic E-state index is -5.25. The molecule has 0 spiro atoms. The van der Waals surface area contributed by atoms with Gasteiger partial charge in [0.05, 0.1) is 18.7 Å². The average molecular weight is 532 g/mol. The van der Waals surface area contributed by atoms with Gasteiger partial charge in [-0.15, -0.1) is 0 Å². The number of aryl methyl sites for hydroxylation is 1. The van der Waals surface area contributed by atoms with Crippen molar-refractivity contribution in [3.8, 4) is 11.5 Å². The van der Waals surface area contributed by atoms with Crippen molar-refractivity contribution < 1.29 is 37.1 Å². The minimum Gasteiger partial charge on any atom is -0.493 e. The zero-order chi connectivity index (χ0) is 27.3. The van der Waals surface area contributed by atoms with E-state index in [-0.39, 0.29) is 11.8 Å². The molecule has 0 aliphatic heterocycles. The second-order valence-corrected chi connectivity index (χ2v) is 9.03. The molecule has 1 saturated carbocycles. The molecular weight excluding hydrogens is 503 g/mol. The van der Waals surface area contributed by atoms with Crippen LogP contribution in [0.2, 0.25) is 0 Å². The molecule has 1 heterocycles. The maximum Gasteiger partial charge on any atom is 0.493 e. The number of anilines is 1. The van der Waals surface area contributed by atoms with Crippen molar-refractivity contribution in [2.75, 3.05) is 19.0 Å². The molecule has 0 saturated heterocycles. The number of nitrogens with zero attached hydrogens (tertiary/aromatic N) is 2. The van der Waals surface area contributed by atoms with Gasteiger partial charge < -0.3 is 19.6 Å². The maximum absolute atomic E-state index is 13.0. The molecule has 3 aromatic rings. The zero-order valence-electron chi connectivity index (χ0n) is 21.0. The number of alkyl halides is 3. The Balaban J connectivity index is 1.42. The molecule has 2 aromatic carbocycles. The van der Waals surface area contributed by atoms with E-state index < -0.39 is 30.7 Å². The number of fused-ring (bicyclic) bond motifs is 1. The van der Waals surface area contributed by atoms with Crippen molar-refractivity contribution in [1.82, 2.24) is 10.0 Å². The molecule has 0 bridgehead atoms. The van der Waals surface area contributed by atoms with Gasteiger partial charge in [-0.3, -0.25) is 4.79 Å². The van der Waals surface area contributed by atoms with Crippen LogP contribution in [0.25, 0.3) is 10.9 Å². The van der Waals surface area contributed by atoms with Crippen LogP contribution in [0.3, 0.4) is 0 Å². The van der Waals surface area contributed by atoms with Gasteiger partial charge in [-0.25, -0.2) is 9.78 Å². The third-order valence-corrected chi connectivity index (χ3v) is 6.38. The summed E-state index contributed by atoms with van der Waals surface area (Å²) in [5, 5.41) is 4.95. The van der Waals surface area contributed by atoms with E-state index in [0.29, 0.717) is 42.3 Å². The van der Waals surface area contributed by atoms with E-state index in [4.69, 9.17) is 9.47 Å². The fourth-order valence-corrected chi connectivity index (χ4v) is 4.50. The first-order chi connectivity index (χ1) is 18.2. The normalized spacial score (nSPS) is 17.5. The van der Waals surface area contributed by atoms with Crippen LogP contribution in [0.1, 0.15) is 31.2 Å². The summed E-state index contributed by atoms with van der Waals surface area (Å²) in [6.07, 6.45) is -3.57. The highest BCUT2D eigenvalue weighted by Gasteiger charge is 2.45. The molecule has 0 atom stereocenters. The third kappa shape index (κ3) is 6.45. The van der Waals surface area contributed by atoms with Gasteiger partial charge in [-0.05, 0) is 62.4 Å². The van der Waals surface area contributed by atoms with E-state index in [1.54, 1.807) is 24.3 Å². The number of hydrogen-bond acceptors (Lipinski definition) is 7. The third-order valence-electron chi connectivity index (χ3n) is 6.38. The van der Waals surface area contributed by atoms with E-state index in [2.05, 4.69) is 15.1 Å². The SMILES string of the molecule is COc1ccccc1OCC(=O)N(OC(=O)C(F)(F)F)C1CCC(Nc2cc(C)c3ccccc3n2)CC1. The van der Waals surface area contributed by atoms with Gasteiger partial charge in [0.1, 0.15) is 5.82 Å². The molecule has 1 aliphatic rings. The van der Waals surface area contributed by atoms with Gasteiger partial charge in [0, 0.05) is 11.4 Å². The maximum atomic E-state index is 13.0. The highest BCUT2D eigenvalue weighted by atomic mass is 19.4. The number of amides is 1. The van der Waals surface area contributed by atoms with Crippen molar-refractivity contribution in [3.63, 3.8) is 0 Å². The first-order valence-corrected chi connectivity index (χ1v) is 12.2. The van der Waals surface area contributed by atoms with Crippen LogP contribution in [0.5, 0.6) is 11.5 Å². The Bertz CT molecular complexity index is 1290. The van der Waals surface area contributed by atoms with Crippen LogP contribution in [0.4, 0.5) is 19.0 Å². The number of carbonyl (C=O) groups excluding carboxylic acids is 2. The lowest BCUT2D eigenvalue weighted by molar-refractivity contribution is -0.245. The molecule has 8 nitrogen and oxygen atoms in total. The number of rotatable bonds is 7. The minimum absolute atomic E-state index is 0.0144. The van der Waals surface area contributed by atoms with Crippen molar-refractivity contribution in [2.24, 2.45) is 0 Å². The lowest BCUT2D eigenvalue weighted by atomic mass is 9.91. The number of aromatic nitrogens is 1. The van der Waals surface area contributed by atoms with Gasteiger partial charge >= 0.3 is 12.1 Å². The number of hydroxylamine groups is 2. The largest absolute Gasteiger partial charge is 0.493 e. The molecule has 1 N–H and O–H groups in total. The summed E-state index contributed by atoms with van der Waals surface area (Å²) in [6.45, 7) is 1.36. The lowest BCUT2D eigenvalue weighted by Gasteiger charge is -2.35. The molecule has 38 heavy (non-hydrogen) atoms. The molecule has 1 aromatic heterocycles. The number of halogens is 3. The molecule has 1 aliphatic carbocycles. The topological polar surface area (TPSA) is 90.0 Å². The van der Waals surface area contributed by atoms with Crippen LogP contribution in [-0.4, -0.2) is 53.9 Å². The summed E-state index contributed by atoms with van der Waals surface area (Å²) in [4.78, 5) is 33.7. The Kier molecular flexibility index (Phi) is 8.23. The Hall–Kier alpha value is -4.02. The standard InChI is InChI=1S/C27H28F3N3O5/c1-17-15-24(32-21-8-4-3-7-20(17)21)31-18-11-13-19(14-12-18)33(38-26(35)27(28,29)30)25(34)16-37-23-10-6-5-9-22(23)36-2/h3-10,15,18-19H,11-14,16H2,1-2H3,(H,31,32). The van der Waals surface area contributed by atoms with E-state index in [1.165, 1.54) is 7.11 Å². The van der Waals surface area contributed by atoms with Crippen molar-refractivity contribution in [2.45, 2.75) is 50.9 Å². The predicted molar refractivity (Wildman–Crippen MR) is 134 cm³/mol. The smallest absolute Gasteiger partial charge is 0.493 e. The fourth-order valence-electron chi connectivity index (χ4n) is 4.50. The highest BCUT2D eigenvalue weighted by Crippen LogP contribution is 2.30. The van der Waals surface area contributed by atoms with Crippen molar-refractivity contribution in [3.05, 3.63) is 60.2 Å². The van der Waals surface area contributed by atoms with E-state index in [1.807, 2.05) is 37.3 Å². The van der Waals surface area contributed by atoms with Gasteiger partial charge in [0.2, 0.25) is 0 Å². The lowest BCUT2D eigenvalue weighted by Crippen LogP contribution is -2.48. The van der Waals surface area contributed by atoms with Crippen LogP contribution in [0, 0.1) is 6.92 Å². The number of pyridine rings is 1. The van der Waals surface area contributed by atoms with Gasteiger partial charge in [-0.1, -0.05) is 30.3 Å². The number of para-hydroxylation sites is 3. The Morgan fingerprint density at radius 2 is 1.68 bits per heavy atom. The molecule has 202 valence electrons.